The van der Waals surface area contributed by atoms with E-state index in [1.165, 1.54) is 18.4 Å². The Labute approximate surface area is 136 Å². The first-order valence-corrected chi connectivity index (χ1v) is 8.03. The third-order valence-electron chi connectivity index (χ3n) is 4.30. The van der Waals surface area contributed by atoms with E-state index in [0.29, 0.717) is 12.0 Å². The molecule has 1 fully saturated rings. The summed E-state index contributed by atoms with van der Waals surface area (Å²) in [4.78, 5) is 0. The first kappa shape index (κ1) is 15.4. The zero-order chi connectivity index (χ0) is 15.7. The van der Waals surface area contributed by atoms with Gasteiger partial charge in [-0.3, -0.25) is 0 Å². The smallest absolute Gasteiger partial charge is 0.216 e. The summed E-state index contributed by atoms with van der Waals surface area (Å²) in [6, 6.07) is 8.52. The van der Waals surface area contributed by atoms with Crippen LogP contribution in [-0.4, -0.2) is 16.9 Å². The molecule has 1 aliphatic carbocycles. The van der Waals surface area contributed by atoms with Gasteiger partial charge in [0.2, 0.25) is 5.88 Å². The quantitative estimate of drug-likeness (QED) is 0.883. The zero-order valence-corrected chi connectivity index (χ0v) is 14.0. The lowest BCUT2D eigenvalue weighted by Crippen LogP contribution is -2.23. The lowest BCUT2D eigenvalue weighted by atomic mass is 10.0. The highest BCUT2D eigenvalue weighted by molar-refractivity contribution is 6.30. The van der Waals surface area contributed by atoms with Crippen molar-refractivity contribution in [2.24, 2.45) is 13.0 Å². The van der Waals surface area contributed by atoms with Gasteiger partial charge in [-0.25, -0.2) is 4.68 Å². The van der Waals surface area contributed by atoms with E-state index in [0.717, 1.165) is 28.7 Å². The number of ether oxygens (including phenoxy) is 1. The third-order valence-corrected chi connectivity index (χ3v) is 4.56. The van der Waals surface area contributed by atoms with Gasteiger partial charge in [0, 0.05) is 24.7 Å². The number of hydrogen-bond acceptors (Lipinski definition) is 3. The van der Waals surface area contributed by atoms with Crippen molar-refractivity contribution in [2.45, 2.75) is 32.4 Å². The van der Waals surface area contributed by atoms with E-state index in [1.807, 2.05) is 26.1 Å². The standard InChI is InChI=1S/C17H22ClN3O/c1-11-15(17(22-3)21(2)20-11)10-19-16(12-4-5-12)13-6-8-14(18)9-7-13/h6-9,12,16,19H,4-5,10H2,1-3H3/t16-/m1/s1. The molecule has 0 amide bonds. The van der Waals surface area contributed by atoms with Crippen LogP contribution in [0.4, 0.5) is 0 Å². The molecular weight excluding hydrogens is 298 g/mol. The first-order chi connectivity index (χ1) is 10.6. The molecule has 0 unspecified atom stereocenters. The third kappa shape index (κ3) is 3.13. The van der Waals surface area contributed by atoms with Crippen LogP contribution in [-0.2, 0) is 13.6 Å². The van der Waals surface area contributed by atoms with Crippen LogP contribution >= 0.6 is 11.6 Å². The topological polar surface area (TPSA) is 39.1 Å². The van der Waals surface area contributed by atoms with Crippen molar-refractivity contribution in [1.82, 2.24) is 15.1 Å². The van der Waals surface area contributed by atoms with E-state index in [4.69, 9.17) is 16.3 Å². The summed E-state index contributed by atoms with van der Waals surface area (Å²) < 4.78 is 7.26. The highest BCUT2D eigenvalue weighted by atomic mass is 35.5. The lowest BCUT2D eigenvalue weighted by Gasteiger charge is -2.19. The van der Waals surface area contributed by atoms with Gasteiger partial charge < -0.3 is 10.1 Å². The van der Waals surface area contributed by atoms with Crippen LogP contribution in [0.3, 0.4) is 0 Å². The van der Waals surface area contributed by atoms with Crippen molar-refractivity contribution < 1.29 is 4.74 Å². The molecule has 1 atom stereocenters. The summed E-state index contributed by atoms with van der Waals surface area (Å²) in [7, 11) is 3.60. The molecule has 1 aliphatic rings. The number of halogens is 1. The van der Waals surface area contributed by atoms with Crippen molar-refractivity contribution in [3.63, 3.8) is 0 Å². The molecule has 5 heteroatoms. The number of aromatic nitrogens is 2. The molecule has 118 valence electrons. The maximum absolute atomic E-state index is 6.00. The van der Waals surface area contributed by atoms with E-state index in [-0.39, 0.29) is 0 Å². The number of methoxy groups -OCH3 is 1. The van der Waals surface area contributed by atoms with Gasteiger partial charge in [0.15, 0.2) is 0 Å². The maximum Gasteiger partial charge on any atom is 0.216 e. The Morgan fingerprint density at radius 2 is 2.05 bits per heavy atom. The molecular formula is C17H22ClN3O. The minimum atomic E-state index is 0.363. The number of hydrogen-bond donors (Lipinski definition) is 1. The van der Waals surface area contributed by atoms with Gasteiger partial charge in [0.25, 0.3) is 0 Å². The van der Waals surface area contributed by atoms with Crippen LogP contribution in [0, 0.1) is 12.8 Å². The Morgan fingerprint density at radius 3 is 2.64 bits per heavy atom. The second kappa shape index (κ2) is 6.31. The van der Waals surface area contributed by atoms with E-state index >= 15 is 0 Å². The van der Waals surface area contributed by atoms with Crippen molar-refractivity contribution in [3.05, 3.63) is 46.1 Å². The monoisotopic (exact) mass is 319 g/mol. The summed E-state index contributed by atoms with van der Waals surface area (Å²) in [5.41, 5.74) is 3.44. The number of nitrogens with zero attached hydrogens (tertiary/aromatic N) is 2. The fraction of sp³-hybridized carbons (Fsp3) is 0.471. The van der Waals surface area contributed by atoms with Gasteiger partial charge in [-0.2, -0.15) is 5.10 Å². The minimum absolute atomic E-state index is 0.363. The number of nitrogens with one attached hydrogen (secondary N) is 1. The SMILES string of the molecule is COc1c(CN[C@@H](c2ccc(Cl)cc2)C2CC2)c(C)nn1C. The Kier molecular flexibility index (Phi) is 4.41. The number of benzene rings is 1. The Balaban J connectivity index is 1.77. The zero-order valence-electron chi connectivity index (χ0n) is 13.3. The molecule has 1 saturated carbocycles. The number of aryl methyl sites for hydroxylation is 2. The van der Waals surface area contributed by atoms with Crippen molar-refractivity contribution >= 4 is 11.6 Å². The van der Waals surface area contributed by atoms with Crippen molar-refractivity contribution in [3.8, 4) is 5.88 Å². The molecule has 1 heterocycles. The molecule has 22 heavy (non-hydrogen) atoms. The van der Waals surface area contributed by atoms with Crippen LogP contribution in [0.2, 0.25) is 5.02 Å². The van der Waals surface area contributed by atoms with E-state index in [9.17, 15) is 0 Å². The molecule has 1 N–H and O–H groups in total. The van der Waals surface area contributed by atoms with Crippen molar-refractivity contribution in [1.29, 1.82) is 0 Å². The fourth-order valence-electron chi connectivity index (χ4n) is 3.01. The minimum Gasteiger partial charge on any atom is -0.481 e. The van der Waals surface area contributed by atoms with Gasteiger partial charge in [0.05, 0.1) is 18.4 Å². The second-order valence-corrected chi connectivity index (χ2v) is 6.38. The summed E-state index contributed by atoms with van der Waals surface area (Å²) in [6.07, 6.45) is 2.56. The summed E-state index contributed by atoms with van der Waals surface area (Å²) >= 11 is 6.00. The van der Waals surface area contributed by atoms with E-state index < -0.39 is 0 Å². The normalized spacial score (nSPS) is 15.8. The summed E-state index contributed by atoms with van der Waals surface area (Å²) in [5, 5.41) is 8.91. The lowest BCUT2D eigenvalue weighted by molar-refractivity contribution is 0.365. The van der Waals surface area contributed by atoms with Crippen molar-refractivity contribution in [2.75, 3.05) is 7.11 Å². The molecule has 0 aliphatic heterocycles. The Morgan fingerprint density at radius 1 is 1.36 bits per heavy atom. The largest absolute Gasteiger partial charge is 0.481 e. The highest BCUT2D eigenvalue weighted by Gasteiger charge is 2.32. The Bertz CT molecular complexity index is 647. The van der Waals surface area contributed by atoms with Crippen LogP contribution in [0.5, 0.6) is 5.88 Å². The average Bonchev–Trinajstić information content (AvgIpc) is 3.28. The Hall–Kier alpha value is -1.52. The molecule has 4 nitrogen and oxygen atoms in total. The molecule has 0 spiro atoms. The molecule has 0 saturated heterocycles. The van der Waals surface area contributed by atoms with Crippen LogP contribution in [0.15, 0.2) is 24.3 Å². The summed E-state index contributed by atoms with van der Waals surface area (Å²) in [6.45, 7) is 2.78. The average molecular weight is 320 g/mol. The molecule has 0 radical (unpaired) electrons. The van der Waals surface area contributed by atoms with Crippen LogP contribution in [0.25, 0.3) is 0 Å². The van der Waals surface area contributed by atoms with Gasteiger partial charge >= 0.3 is 0 Å². The van der Waals surface area contributed by atoms with Gasteiger partial charge in [-0.1, -0.05) is 23.7 Å². The van der Waals surface area contributed by atoms with Gasteiger partial charge in [-0.05, 0) is 43.4 Å². The maximum atomic E-state index is 6.00. The number of rotatable bonds is 6. The van der Waals surface area contributed by atoms with Crippen LogP contribution < -0.4 is 10.1 Å². The molecule has 1 aromatic carbocycles. The van der Waals surface area contributed by atoms with Crippen LogP contribution in [0.1, 0.15) is 35.7 Å². The highest BCUT2D eigenvalue weighted by Crippen LogP contribution is 2.41. The van der Waals surface area contributed by atoms with E-state index in [1.54, 1.807) is 11.8 Å². The molecule has 3 rings (SSSR count). The second-order valence-electron chi connectivity index (χ2n) is 5.94. The predicted octanol–water partition coefficient (Wildman–Crippen LogP) is 3.63. The van der Waals surface area contributed by atoms with Gasteiger partial charge in [0.1, 0.15) is 0 Å². The molecule has 0 bridgehead atoms. The fourth-order valence-corrected chi connectivity index (χ4v) is 3.13. The molecule has 2 aromatic rings. The van der Waals surface area contributed by atoms with Gasteiger partial charge in [-0.15, -0.1) is 0 Å². The predicted molar refractivity (Wildman–Crippen MR) is 88.3 cm³/mol. The summed E-state index contributed by atoms with van der Waals surface area (Å²) in [5.74, 6) is 1.54. The molecule has 1 aromatic heterocycles. The van der Waals surface area contributed by atoms with E-state index in [2.05, 4.69) is 22.5 Å². The first-order valence-electron chi connectivity index (χ1n) is 7.65.